The molecule has 0 radical (unpaired) electrons. The van der Waals surface area contributed by atoms with E-state index in [0.717, 1.165) is 5.69 Å². The Morgan fingerprint density at radius 1 is 1.69 bits per heavy atom. The Morgan fingerprint density at radius 3 is 2.77 bits per heavy atom. The van der Waals surface area contributed by atoms with Crippen molar-refractivity contribution in [2.75, 3.05) is 20.8 Å². The number of methoxy groups -OCH3 is 1. The number of aryl methyl sites for hydroxylation is 2. The normalized spacial score (nSPS) is 13.2. The van der Waals surface area contributed by atoms with E-state index in [0.29, 0.717) is 6.61 Å². The Bertz CT molecular complexity index is 270. The molecule has 0 amide bonds. The molecule has 0 aliphatic heterocycles. The van der Waals surface area contributed by atoms with Gasteiger partial charge in [-0.15, -0.1) is 0 Å². The zero-order valence-corrected chi connectivity index (χ0v) is 8.66. The van der Waals surface area contributed by atoms with Crippen LogP contribution in [-0.2, 0) is 11.8 Å². The Kier molecular flexibility index (Phi) is 3.45. The molecule has 1 heterocycles. The lowest BCUT2D eigenvalue weighted by molar-refractivity contribution is 0.170. The molecule has 4 heteroatoms. The van der Waals surface area contributed by atoms with Gasteiger partial charge in [0.25, 0.3) is 0 Å². The van der Waals surface area contributed by atoms with Crippen LogP contribution in [0.1, 0.15) is 17.3 Å². The van der Waals surface area contributed by atoms with E-state index < -0.39 is 0 Å². The van der Waals surface area contributed by atoms with Crippen LogP contribution in [-0.4, -0.2) is 30.5 Å². The van der Waals surface area contributed by atoms with Gasteiger partial charge < -0.3 is 10.1 Å². The summed E-state index contributed by atoms with van der Waals surface area (Å²) in [4.78, 5) is 0. The van der Waals surface area contributed by atoms with Crippen LogP contribution in [0.4, 0.5) is 0 Å². The lowest BCUT2D eigenvalue weighted by Crippen LogP contribution is -2.21. The van der Waals surface area contributed by atoms with Crippen LogP contribution in [0, 0.1) is 6.92 Å². The molecule has 0 aliphatic rings. The molecule has 0 saturated heterocycles. The van der Waals surface area contributed by atoms with Gasteiger partial charge in [0, 0.05) is 25.9 Å². The van der Waals surface area contributed by atoms with Gasteiger partial charge in [-0.3, -0.25) is 4.68 Å². The van der Waals surface area contributed by atoms with Crippen molar-refractivity contribution >= 4 is 0 Å². The molecule has 1 aromatic heterocycles. The van der Waals surface area contributed by atoms with Crippen LogP contribution in [0.25, 0.3) is 0 Å². The van der Waals surface area contributed by atoms with Gasteiger partial charge in [0.15, 0.2) is 0 Å². The van der Waals surface area contributed by atoms with Gasteiger partial charge >= 0.3 is 0 Å². The van der Waals surface area contributed by atoms with E-state index in [4.69, 9.17) is 4.74 Å². The number of nitrogens with zero attached hydrogens (tertiary/aromatic N) is 2. The second kappa shape index (κ2) is 4.39. The minimum Gasteiger partial charge on any atom is -0.383 e. The monoisotopic (exact) mass is 183 g/mol. The number of likely N-dealkylation sites (N-methyl/N-ethyl adjacent to an activating group) is 1. The van der Waals surface area contributed by atoms with Gasteiger partial charge in [-0.25, -0.2) is 0 Å². The van der Waals surface area contributed by atoms with Crippen LogP contribution in [0.15, 0.2) is 6.20 Å². The molecule has 0 aliphatic carbocycles. The highest BCUT2D eigenvalue weighted by Crippen LogP contribution is 2.15. The molecule has 0 aromatic carbocycles. The number of hydrogen-bond acceptors (Lipinski definition) is 3. The summed E-state index contributed by atoms with van der Waals surface area (Å²) in [5, 5.41) is 7.48. The van der Waals surface area contributed by atoms with Crippen LogP contribution in [0.3, 0.4) is 0 Å². The van der Waals surface area contributed by atoms with Gasteiger partial charge in [-0.1, -0.05) is 0 Å². The van der Waals surface area contributed by atoms with Crippen molar-refractivity contribution in [1.29, 1.82) is 0 Å². The van der Waals surface area contributed by atoms with Gasteiger partial charge in [0.2, 0.25) is 0 Å². The SMILES string of the molecule is CNC(COC)c1cn(C)nc1C. The van der Waals surface area contributed by atoms with E-state index in [9.17, 15) is 0 Å². The van der Waals surface area contributed by atoms with Crippen molar-refractivity contribution in [3.63, 3.8) is 0 Å². The molecule has 1 rings (SSSR count). The maximum Gasteiger partial charge on any atom is 0.0658 e. The first kappa shape index (κ1) is 10.2. The molecular formula is C9H17N3O. The van der Waals surface area contributed by atoms with E-state index in [1.165, 1.54) is 5.56 Å². The predicted octanol–water partition coefficient (Wildman–Crippen LogP) is 0.635. The fourth-order valence-electron chi connectivity index (χ4n) is 1.46. The summed E-state index contributed by atoms with van der Waals surface area (Å²) in [5.41, 5.74) is 2.26. The molecule has 1 N–H and O–H groups in total. The lowest BCUT2D eigenvalue weighted by Gasteiger charge is -2.13. The summed E-state index contributed by atoms with van der Waals surface area (Å²) in [6, 6.07) is 0.235. The van der Waals surface area contributed by atoms with Crippen LogP contribution in [0.2, 0.25) is 0 Å². The minimum absolute atomic E-state index is 0.235. The summed E-state index contributed by atoms with van der Waals surface area (Å²) in [5.74, 6) is 0. The van der Waals surface area contributed by atoms with E-state index >= 15 is 0 Å². The van der Waals surface area contributed by atoms with Crippen molar-refractivity contribution in [3.8, 4) is 0 Å². The average Bonchev–Trinajstić information content (AvgIpc) is 2.41. The standard InChI is InChI=1S/C9H17N3O/c1-7-8(5-12(3)11-7)9(10-2)6-13-4/h5,9-10H,6H2,1-4H3. The van der Waals surface area contributed by atoms with Crippen LogP contribution in [0.5, 0.6) is 0 Å². The van der Waals surface area contributed by atoms with Crippen molar-refractivity contribution in [2.45, 2.75) is 13.0 Å². The Morgan fingerprint density at radius 2 is 2.38 bits per heavy atom. The fraction of sp³-hybridized carbons (Fsp3) is 0.667. The molecule has 0 spiro atoms. The van der Waals surface area contributed by atoms with Gasteiger partial charge in [0.1, 0.15) is 0 Å². The van der Waals surface area contributed by atoms with E-state index in [1.54, 1.807) is 7.11 Å². The molecule has 0 fully saturated rings. The highest BCUT2D eigenvalue weighted by atomic mass is 16.5. The van der Waals surface area contributed by atoms with Crippen molar-refractivity contribution in [3.05, 3.63) is 17.5 Å². The highest BCUT2D eigenvalue weighted by Gasteiger charge is 2.13. The number of nitrogens with one attached hydrogen (secondary N) is 1. The Hall–Kier alpha value is -0.870. The number of rotatable bonds is 4. The molecule has 0 bridgehead atoms. The molecule has 1 unspecified atom stereocenters. The maximum absolute atomic E-state index is 5.11. The first-order valence-electron chi connectivity index (χ1n) is 4.35. The first-order chi connectivity index (χ1) is 6.19. The molecule has 0 saturated carbocycles. The molecule has 1 aromatic rings. The van der Waals surface area contributed by atoms with Gasteiger partial charge in [-0.2, -0.15) is 5.10 Å². The van der Waals surface area contributed by atoms with Crippen molar-refractivity contribution in [1.82, 2.24) is 15.1 Å². The third-order valence-corrected chi connectivity index (χ3v) is 2.11. The molecule has 1 atom stereocenters. The third kappa shape index (κ3) is 2.29. The zero-order valence-electron chi connectivity index (χ0n) is 8.66. The minimum atomic E-state index is 0.235. The summed E-state index contributed by atoms with van der Waals surface area (Å²) >= 11 is 0. The zero-order chi connectivity index (χ0) is 9.84. The third-order valence-electron chi connectivity index (χ3n) is 2.11. The first-order valence-corrected chi connectivity index (χ1v) is 4.35. The second-order valence-electron chi connectivity index (χ2n) is 3.14. The Labute approximate surface area is 78.9 Å². The maximum atomic E-state index is 5.11. The van der Waals surface area contributed by atoms with Crippen molar-refractivity contribution in [2.24, 2.45) is 7.05 Å². The summed E-state index contributed by atoms with van der Waals surface area (Å²) in [7, 11) is 5.56. The summed E-state index contributed by atoms with van der Waals surface area (Å²) < 4.78 is 6.94. The molecule has 13 heavy (non-hydrogen) atoms. The van der Waals surface area contributed by atoms with Gasteiger partial charge in [0.05, 0.1) is 18.3 Å². The van der Waals surface area contributed by atoms with Crippen LogP contribution < -0.4 is 5.32 Å². The summed E-state index contributed by atoms with van der Waals surface area (Å²) in [6.45, 7) is 2.68. The lowest BCUT2D eigenvalue weighted by atomic mass is 10.1. The molecular weight excluding hydrogens is 166 g/mol. The smallest absolute Gasteiger partial charge is 0.0658 e. The molecule has 4 nitrogen and oxygen atoms in total. The van der Waals surface area contributed by atoms with Crippen molar-refractivity contribution < 1.29 is 4.74 Å². The number of ether oxygens (including phenoxy) is 1. The van der Waals surface area contributed by atoms with E-state index in [2.05, 4.69) is 10.4 Å². The average molecular weight is 183 g/mol. The Balaban J connectivity index is 2.83. The van der Waals surface area contributed by atoms with Crippen LogP contribution >= 0.6 is 0 Å². The fourth-order valence-corrected chi connectivity index (χ4v) is 1.46. The number of aromatic nitrogens is 2. The topological polar surface area (TPSA) is 39.1 Å². The highest BCUT2D eigenvalue weighted by molar-refractivity contribution is 5.19. The van der Waals surface area contributed by atoms with E-state index in [1.807, 2.05) is 31.9 Å². The van der Waals surface area contributed by atoms with E-state index in [-0.39, 0.29) is 6.04 Å². The quantitative estimate of drug-likeness (QED) is 0.744. The summed E-state index contributed by atoms with van der Waals surface area (Å²) in [6.07, 6.45) is 2.02. The second-order valence-corrected chi connectivity index (χ2v) is 3.14. The number of hydrogen-bond donors (Lipinski definition) is 1. The van der Waals surface area contributed by atoms with Gasteiger partial charge in [-0.05, 0) is 14.0 Å². The largest absolute Gasteiger partial charge is 0.383 e. The molecule has 74 valence electrons. The predicted molar refractivity (Wildman–Crippen MR) is 51.6 cm³/mol.